The minimum absolute atomic E-state index is 0.0239. The summed E-state index contributed by atoms with van der Waals surface area (Å²) in [5.41, 5.74) is 1.14. The predicted octanol–water partition coefficient (Wildman–Crippen LogP) is 4.62. The predicted molar refractivity (Wildman–Crippen MR) is 125 cm³/mol. The number of nitrogens with zero attached hydrogens (tertiary/aromatic N) is 4. The molecule has 4 rings (SSSR count). The van der Waals surface area contributed by atoms with Gasteiger partial charge in [0.1, 0.15) is 6.61 Å². The lowest BCUT2D eigenvalue weighted by Crippen LogP contribution is -2.14. The number of amides is 1. The average molecular weight is 479 g/mol. The minimum atomic E-state index is -0.509. The summed E-state index contributed by atoms with van der Waals surface area (Å²) < 4.78 is 21.3. The molecule has 0 fully saturated rings. The average Bonchev–Trinajstić information content (AvgIpc) is 3.26. The first-order valence-corrected chi connectivity index (χ1v) is 11.0. The van der Waals surface area contributed by atoms with Crippen LogP contribution in [0.5, 0.6) is 5.75 Å². The molecule has 0 saturated carbocycles. The molecule has 0 aliphatic heterocycles. The van der Waals surface area contributed by atoms with E-state index in [1.165, 1.54) is 36.4 Å². The number of anilines is 1. The second-order valence-electron chi connectivity index (χ2n) is 6.93. The van der Waals surface area contributed by atoms with E-state index >= 15 is 0 Å². The normalized spacial score (nSPS) is 10.6. The SMILES string of the molecule is O=C(CSc1nnc(COc2ccccc2F)n1-c1ccccc1)Nc1ccc([N+](=O)[O-])cc1. The van der Waals surface area contributed by atoms with E-state index in [1.807, 2.05) is 30.3 Å². The van der Waals surface area contributed by atoms with Crippen LogP contribution in [0.3, 0.4) is 0 Å². The fourth-order valence-corrected chi connectivity index (χ4v) is 3.79. The van der Waals surface area contributed by atoms with Crippen molar-refractivity contribution in [2.45, 2.75) is 11.8 Å². The Labute approximate surface area is 197 Å². The molecule has 0 unspecified atom stereocenters. The van der Waals surface area contributed by atoms with Crippen LogP contribution in [-0.2, 0) is 11.4 Å². The summed E-state index contributed by atoms with van der Waals surface area (Å²) in [7, 11) is 0. The van der Waals surface area contributed by atoms with Gasteiger partial charge in [0.15, 0.2) is 22.5 Å². The zero-order chi connectivity index (χ0) is 23.9. The van der Waals surface area contributed by atoms with Crippen LogP contribution in [-0.4, -0.2) is 31.3 Å². The molecule has 172 valence electrons. The highest BCUT2D eigenvalue weighted by Crippen LogP contribution is 2.24. The maximum absolute atomic E-state index is 13.9. The Hall–Kier alpha value is -4.25. The summed E-state index contributed by atoms with van der Waals surface area (Å²) >= 11 is 1.16. The van der Waals surface area contributed by atoms with Gasteiger partial charge in [-0.05, 0) is 36.4 Å². The molecular weight excluding hydrogens is 461 g/mol. The maximum Gasteiger partial charge on any atom is 0.269 e. The molecule has 3 aromatic carbocycles. The Bertz CT molecular complexity index is 1300. The molecule has 11 heteroatoms. The molecule has 9 nitrogen and oxygen atoms in total. The largest absolute Gasteiger partial charge is 0.483 e. The fourth-order valence-electron chi connectivity index (χ4n) is 3.02. The Morgan fingerprint density at radius 1 is 1.03 bits per heavy atom. The summed E-state index contributed by atoms with van der Waals surface area (Å²) in [5.74, 6) is -0.234. The molecule has 0 radical (unpaired) electrons. The molecule has 4 aromatic rings. The standard InChI is InChI=1S/C23H18FN5O4S/c24-19-8-4-5-9-20(19)33-14-21-26-27-23(28(21)17-6-2-1-3-7-17)34-15-22(30)25-16-10-12-18(13-11-16)29(31)32/h1-13H,14-15H2,(H,25,30). The monoisotopic (exact) mass is 479 g/mol. The molecule has 34 heavy (non-hydrogen) atoms. The number of nitro groups is 1. The summed E-state index contributed by atoms with van der Waals surface area (Å²) in [4.78, 5) is 22.7. The first-order valence-electron chi connectivity index (χ1n) is 10.1. The van der Waals surface area contributed by atoms with Crippen molar-refractivity contribution in [2.24, 2.45) is 0 Å². The summed E-state index contributed by atoms with van der Waals surface area (Å²) in [5, 5.41) is 22.3. The molecule has 0 atom stereocenters. The van der Waals surface area contributed by atoms with E-state index in [2.05, 4.69) is 15.5 Å². The number of ether oxygens (including phenoxy) is 1. The third kappa shape index (κ3) is 5.56. The van der Waals surface area contributed by atoms with Crippen molar-refractivity contribution in [3.63, 3.8) is 0 Å². The third-order valence-corrected chi connectivity index (χ3v) is 5.53. The Morgan fingerprint density at radius 3 is 2.44 bits per heavy atom. The summed E-state index contributed by atoms with van der Waals surface area (Å²) in [6.07, 6.45) is 0. The van der Waals surface area contributed by atoms with Gasteiger partial charge in [0, 0.05) is 23.5 Å². The van der Waals surface area contributed by atoms with E-state index in [9.17, 15) is 19.3 Å². The van der Waals surface area contributed by atoms with Gasteiger partial charge in [-0.3, -0.25) is 19.5 Å². The number of thioether (sulfide) groups is 1. The van der Waals surface area contributed by atoms with Crippen molar-refractivity contribution in [1.82, 2.24) is 14.8 Å². The van der Waals surface area contributed by atoms with Gasteiger partial charge in [0.25, 0.3) is 5.69 Å². The number of para-hydroxylation sites is 2. The van der Waals surface area contributed by atoms with E-state index in [4.69, 9.17) is 4.74 Å². The summed E-state index contributed by atoms with van der Waals surface area (Å²) in [6.45, 7) is -0.0294. The smallest absolute Gasteiger partial charge is 0.269 e. The van der Waals surface area contributed by atoms with Crippen molar-refractivity contribution < 1.29 is 18.8 Å². The zero-order valence-corrected chi connectivity index (χ0v) is 18.4. The number of non-ortho nitro benzene ring substituents is 1. The molecule has 0 saturated heterocycles. The molecule has 0 aliphatic carbocycles. The number of nitro benzene ring substituents is 1. The van der Waals surface area contributed by atoms with Crippen LogP contribution in [0, 0.1) is 15.9 Å². The third-order valence-electron chi connectivity index (χ3n) is 4.60. The van der Waals surface area contributed by atoms with Crippen LogP contribution in [0.15, 0.2) is 84.0 Å². The molecule has 1 N–H and O–H groups in total. The lowest BCUT2D eigenvalue weighted by molar-refractivity contribution is -0.384. The molecule has 0 bridgehead atoms. The number of aromatic nitrogens is 3. The molecule has 1 heterocycles. The highest BCUT2D eigenvalue weighted by Gasteiger charge is 2.17. The van der Waals surface area contributed by atoms with Crippen molar-refractivity contribution in [3.8, 4) is 11.4 Å². The van der Waals surface area contributed by atoms with E-state index in [-0.39, 0.29) is 29.7 Å². The van der Waals surface area contributed by atoms with Gasteiger partial charge >= 0.3 is 0 Å². The van der Waals surface area contributed by atoms with Crippen LogP contribution in [0.2, 0.25) is 0 Å². The van der Waals surface area contributed by atoms with E-state index < -0.39 is 10.7 Å². The van der Waals surface area contributed by atoms with Crippen LogP contribution in [0.4, 0.5) is 15.8 Å². The van der Waals surface area contributed by atoms with E-state index in [1.54, 1.807) is 16.7 Å². The van der Waals surface area contributed by atoms with Crippen molar-refractivity contribution in [1.29, 1.82) is 0 Å². The second-order valence-corrected chi connectivity index (χ2v) is 7.87. The fraction of sp³-hybridized carbons (Fsp3) is 0.0870. The minimum Gasteiger partial charge on any atom is -0.483 e. The molecule has 1 aromatic heterocycles. The Kier molecular flexibility index (Phi) is 7.13. The Balaban J connectivity index is 1.47. The number of rotatable bonds is 9. The lowest BCUT2D eigenvalue weighted by Gasteiger charge is -2.11. The van der Waals surface area contributed by atoms with E-state index in [0.29, 0.717) is 16.7 Å². The van der Waals surface area contributed by atoms with Gasteiger partial charge in [-0.1, -0.05) is 42.1 Å². The maximum atomic E-state index is 13.9. The number of carbonyl (C=O) groups excluding carboxylic acids is 1. The topological polar surface area (TPSA) is 112 Å². The van der Waals surface area contributed by atoms with Crippen molar-refractivity contribution in [2.75, 3.05) is 11.1 Å². The van der Waals surface area contributed by atoms with Crippen LogP contribution in [0.1, 0.15) is 5.82 Å². The van der Waals surface area contributed by atoms with E-state index in [0.717, 1.165) is 17.4 Å². The molecule has 0 aliphatic rings. The number of nitrogens with one attached hydrogen (secondary N) is 1. The summed E-state index contributed by atoms with van der Waals surface area (Å²) in [6, 6.07) is 20.9. The van der Waals surface area contributed by atoms with Crippen LogP contribution in [0.25, 0.3) is 5.69 Å². The van der Waals surface area contributed by atoms with Crippen molar-refractivity contribution in [3.05, 3.63) is 101 Å². The van der Waals surface area contributed by atoms with Gasteiger partial charge in [0.05, 0.1) is 10.7 Å². The lowest BCUT2D eigenvalue weighted by atomic mass is 10.3. The van der Waals surface area contributed by atoms with Gasteiger partial charge in [0.2, 0.25) is 5.91 Å². The molecule has 1 amide bonds. The van der Waals surface area contributed by atoms with Gasteiger partial charge < -0.3 is 10.1 Å². The highest BCUT2D eigenvalue weighted by molar-refractivity contribution is 7.99. The Morgan fingerprint density at radius 2 is 1.74 bits per heavy atom. The number of hydrogen-bond acceptors (Lipinski definition) is 7. The number of carbonyl (C=O) groups is 1. The number of halogens is 1. The van der Waals surface area contributed by atoms with Crippen LogP contribution >= 0.6 is 11.8 Å². The number of benzene rings is 3. The molecular formula is C23H18FN5O4S. The zero-order valence-electron chi connectivity index (χ0n) is 17.6. The van der Waals surface area contributed by atoms with Crippen LogP contribution < -0.4 is 10.1 Å². The second kappa shape index (κ2) is 10.6. The first kappa shape index (κ1) is 22.9. The quantitative estimate of drug-likeness (QED) is 0.212. The van der Waals surface area contributed by atoms with Gasteiger partial charge in [-0.2, -0.15) is 0 Å². The first-order chi connectivity index (χ1) is 16.5. The van der Waals surface area contributed by atoms with Crippen molar-refractivity contribution >= 4 is 29.0 Å². The van der Waals surface area contributed by atoms with Gasteiger partial charge in [-0.25, -0.2) is 4.39 Å². The highest BCUT2D eigenvalue weighted by atomic mass is 32.2. The molecule has 0 spiro atoms. The number of hydrogen-bond donors (Lipinski definition) is 1. The van der Waals surface area contributed by atoms with Gasteiger partial charge in [-0.15, -0.1) is 10.2 Å².